The van der Waals surface area contributed by atoms with Gasteiger partial charge in [-0.3, -0.25) is 0 Å². The van der Waals surface area contributed by atoms with Crippen molar-refractivity contribution in [3.63, 3.8) is 0 Å². The van der Waals surface area contributed by atoms with Gasteiger partial charge in [0, 0.05) is 6.61 Å². The zero-order valence-corrected chi connectivity index (χ0v) is 12.0. The number of hydrogen-bond acceptors (Lipinski definition) is 3. The third-order valence-electron chi connectivity index (χ3n) is 0. The van der Waals surface area contributed by atoms with E-state index in [1.54, 1.807) is 41.5 Å². The quantitative estimate of drug-likeness (QED) is 0.506. The molecule has 0 aliphatic heterocycles. The first-order valence-electron chi connectivity index (χ1n) is 4.37. The van der Waals surface area contributed by atoms with Crippen LogP contribution < -0.4 is 0 Å². The van der Waals surface area contributed by atoms with Gasteiger partial charge in [0.25, 0.3) is 0 Å². The monoisotopic (exact) mass is 242 g/mol. The maximum absolute atomic E-state index is 8.52. The molecule has 0 radical (unpaired) electrons. The standard InChI is InChI=1S/C4H10O.C2H6O.2C2H5.O.Ti/c1-4(2,3)5;1-2-3;2*1-2;;/h5H,1-3H3;3H,2H2,1H3;2*1H2,2H3;;/q;;2*-1;;+2. The van der Waals surface area contributed by atoms with Gasteiger partial charge in [0.05, 0.1) is 5.60 Å². The van der Waals surface area contributed by atoms with E-state index in [0.717, 1.165) is 20.4 Å². The van der Waals surface area contributed by atoms with Gasteiger partial charge in [-0.25, -0.2) is 0 Å². The van der Waals surface area contributed by atoms with Crippen LogP contribution in [0.3, 0.4) is 0 Å². The second-order valence-corrected chi connectivity index (χ2v) is 2.49. The molecule has 0 aromatic heterocycles. The molecule has 0 atom stereocenters. The van der Waals surface area contributed by atoms with E-state index in [2.05, 4.69) is 13.8 Å². The molecular formula is C10H26O3Ti. The molecule has 0 heterocycles. The van der Waals surface area contributed by atoms with Crippen molar-refractivity contribution in [2.24, 2.45) is 0 Å². The summed E-state index contributed by atoms with van der Waals surface area (Å²) in [6, 6.07) is 0. The fourth-order valence-corrected chi connectivity index (χ4v) is 0. The summed E-state index contributed by atoms with van der Waals surface area (Å²) < 4.78 is 8.25. The molecule has 0 aliphatic rings. The summed E-state index contributed by atoms with van der Waals surface area (Å²) in [4.78, 5) is 0. The predicted molar refractivity (Wildman–Crippen MR) is 57.5 cm³/mol. The molecule has 88 valence electrons. The Morgan fingerprint density at radius 1 is 1.07 bits per heavy atom. The van der Waals surface area contributed by atoms with Gasteiger partial charge < -0.3 is 24.1 Å². The Bertz CT molecular complexity index is 47.8. The Morgan fingerprint density at radius 3 is 1.07 bits per heavy atom. The van der Waals surface area contributed by atoms with Gasteiger partial charge in [-0.15, -0.1) is 0 Å². The summed E-state index contributed by atoms with van der Waals surface area (Å²) in [6.07, 6.45) is 0. The molecule has 0 saturated carbocycles. The fraction of sp³-hybridized carbons (Fsp3) is 0.800. The van der Waals surface area contributed by atoms with E-state index in [9.17, 15) is 0 Å². The average molecular weight is 242 g/mol. The van der Waals surface area contributed by atoms with E-state index < -0.39 is 5.60 Å². The van der Waals surface area contributed by atoms with Crippen LogP contribution in [0.25, 0.3) is 0 Å². The normalized spacial score (nSPS) is 6.86. The Balaban J connectivity index is -0.0000000263. The van der Waals surface area contributed by atoms with Gasteiger partial charge in [0.2, 0.25) is 0 Å². The van der Waals surface area contributed by atoms with Gasteiger partial charge in [0.15, 0.2) is 0 Å². The Labute approximate surface area is 102 Å². The van der Waals surface area contributed by atoms with Gasteiger partial charge >= 0.3 is 23.7 Å². The number of rotatable bonds is 0. The van der Waals surface area contributed by atoms with Crippen LogP contribution in [0.15, 0.2) is 0 Å². The van der Waals surface area contributed by atoms with Crippen molar-refractivity contribution in [1.82, 2.24) is 0 Å². The first kappa shape index (κ1) is 29.3. The van der Waals surface area contributed by atoms with Crippen molar-refractivity contribution in [2.75, 3.05) is 6.61 Å². The second-order valence-electron chi connectivity index (χ2n) is 2.49. The van der Waals surface area contributed by atoms with Crippen molar-refractivity contribution in [2.45, 2.75) is 47.1 Å². The number of aliphatic hydroxyl groups excluding tert-OH is 1. The summed E-state index contributed by atoms with van der Waals surface area (Å²) in [7, 11) is 0. The van der Waals surface area contributed by atoms with Gasteiger partial charge in [-0.1, -0.05) is 0 Å². The molecule has 0 fully saturated rings. The van der Waals surface area contributed by atoms with Crippen LogP contribution in [0, 0.1) is 13.8 Å². The average Bonchev–Trinajstić information content (AvgIpc) is 2.12. The molecule has 2 N–H and O–H groups in total. The second kappa shape index (κ2) is 37.6. The molecule has 0 bridgehead atoms. The zero-order chi connectivity index (χ0) is 13.2. The van der Waals surface area contributed by atoms with Crippen molar-refractivity contribution < 1.29 is 33.9 Å². The van der Waals surface area contributed by atoms with E-state index in [1.165, 1.54) is 0 Å². The molecular weight excluding hydrogens is 216 g/mol. The van der Waals surface area contributed by atoms with Crippen molar-refractivity contribution in [3.8, 4) is 0 Å². The molecule has 14 heavy (non-hydrogen) atoms. The molecule has 0 aliphatic carbocycles. The van der Waals surface area contributed by atoms with E-state index in [-0.39, 0.29) is 6.61 Å². The van der Waals surface area contributed by atoms with Crippen LogP contribution >= 0.6 is 0 Å². The first-order valence-corrected chi connectivity index (χ1v) is 5.00. The van der Waals surface area contributed by atoms with Crippen LogP contribution in [0.1, 0.15) is 41.5 Å². The van der Waals surface area contributed by atoms with Crippen LogP contribution in [-0.2, 0) is 23.7 Å². The molecule has 4 heteroatoms. The van der Waals surface area contributed by atoms with E-state index in [4.69, 9.17) is 13.5 Å². The molecule has 0 unspecified atom stereocenters. The maximum atomic E-state index is 8.52. The first-order chi connectivity index (χ1) is 6.41. The molecule has 0 amide bonds. The molecule has 0 rings (SSSR count). The number of aliphatic hydroxyl groups is 2. The summed E-state index contributed by atoms with van der Waals surface area (Å²) in [5.41, 5.74) is -0.500. The summed E-state index contributed by atoms with van der Waals surface area (Å²) in [6.45, 7) is 17.2. The van der Waals surface area contributed by atoms with E-state index >= 15 is 0 Å². The summed E-state index contributed by atoms with van der Waals surface area (Å²) >= 11 is 0.750. The van der Waals surface area contributed by atoms with E-state index in [1.807, 2.05) is 0 Å². The summed E-state index contributed by atoms with van der Waals surface area (Å²) in [5.74, 6) is 0. The van der Waals surface area contributed by atoms with Gasteiger partial charge in [-0.2, -0.15) is 13.8 Å². The SMILES string of the molecule is CC(C)(C)O.CCO.[CH2-]C.[CH2-]C.[O]=[Ti+2]. The van der Waals surface area contributed by atoms with Crippen LogP contribution in [0.2, 0.25) is 0 Å². The predicted octanol–water partition coefficient (Wildman–Crippen LogP) is 2.34. The third kappa shape index (κ3) is 8620. The van der Waals surface area contributed by atoms with Crippen LogP contribution in [0.4, 0.5) is 0 Å². The molecule has 0 aromatic carbocycles. The summed E-state index contributed by atoms with van der Waals surface area (Å²) in [5, 5.41) is 16.1. The minimum absolute atomic E-state index is 0.250. The van der Waals surface area contributed by atoms with Crippen molar-refractivity contribution in [1.29, 1.82) is 0 Å². The van der Waals surface area contributed by atoms with Crippen LogP contribution in [0.5, 0.6) is 0 Å². The molecule has 0 saturated heterocycles. The molecule has 0 spiro atoms. The third-order valence-corrected chi connectivity index (χ3v) is 0. The van der Waals surface area contributed by atoms with Crippen molar-refractivity contribution in [3.05, 3.63) is 13.8 Å². The van der Waals surface area contributed by atoms with Crippen LogP contribution in [-0.4, -0.2) is 22.4 Å². The number of hydrogen-bond donors (Lipinski definition) is 2. The van der Waals surface area contributed by atoms with Gasteiger partial charge in [-0.05, 0) is 27.7 Å². The minimum atomic E-state index is -0.500. The molecule has 0 aromatic rings. The van der Waals surface area contributed by atoms with Gasteiger partial charge in [0.1, 0.15) is 0 Å². The topological polar surface area (TPSA) is 57.5 Å². The Hall–Kier alpha value is 0.434. The Morgan fingerprint density at radius 2 is 1.07 bits per heavy atom. The fourth-order valence-electron chi connectivity index (χ4n) is 0. The Kier molecular flexibility index (Phi) is 78.6. The van der Waals surface area contributed by atoms with E-state index in [0.29, 0.717) is 0 Å². The molecule has 3 nitrogen and oxygen atoms in total. The zero-order valence-electron chi connectivity index (χ0n) is 10.4. The van der Waals surface area contributed by atoms with Crippen molar-refractivity contribution >= 4 is 0 Å².